The van der Waals surface area contributed by atoms with Gasteiger partial charge < -0.3 is 4.57 Å². The van der Waals surface area contributed by atoms with Crippen molar-refractivity contribution in [2.24, 2.45) is 0 Å². The summed E-state index contributed by atoms with van der Waals surface area (Å²) >= 11 is 0. The molecule has 182 valence electrons. The van der Waals surface area contributed by atoms with Crippen LogP contribution in [0.3, 0.4) is 0 Å². The summed E-state index contributed by atoms with van der Waals surface area (Å²) in [4.78, 5) is 9.62. The lowest BCUT2D eigenvalue weighted by molar-refractivity contribution is 1.18. The van der Waals surface area contributed by atoms with Crippen molar-refractivity contribution in [3.05, 3.63) is 140 Å². The van der Waals surface area contributed by atoms with Crippen molar-refractivity contribution >= 4 is 43.4 Å². The third-order valence-electron chi connectivity index (χ3n) is 7.67. The maximum atomic E-state index is 4.81. The third-order valence-corrected chi connectivity index (χ3v) is 7.67. The van der Waals surface area contributed by atoms with Crippen LogP contribution in [0, 0.1) is 0 Å². The summed E-state index contributed by atoms with van der Waals surface area (Å²) in [5, 5.41) is 7.10. The molecule has 0 aliphatic carbocycles. The molecule has 3 aromatic heterocycles. The van der Waals surface area contributed by atoms with Gasteiger partial charge in [0.2, 0.25) is 0 Å². The van der Waals surface area contributed by atoms with Gasteiger partial charge in [-0.25, -0.2) is 0 Å². The molecule has 0 amide bonds. The smallest absolute Gasteiger partial charge is 0.0780 e. The Morgan fingerprint density at radius 2 is 0.897 bits per heavy atom. The fourth-order valence-electron chi connectivity index (χ4n) is 5.87. The summed E-state index contributed by atoms with van der Waals surface area (Å²) in [6.07, 6.45) is 3.80. The number of benzene rings is 5. The minimum absolute atomic E-state index is 1.00. The molecule has 0 spiro atoms. The molecule has 0 radical (unpaired) electrons. The van der Waals surface area contributed by atoms with Crippen LogP contribution in [0.2, 0.25) is 0 Å². The number of para-hydroxylation sites is 1. The summed E-state index contributed by atoms with van der Waals surface area (Å²) in [6.45, 7) is 0. The van der Waals surface area contributed by atoms with E-state index in [1.807, 2.05) is 12.4 Å². The fraction of sp³-hybridized carbons (Fsp3) is 0. The number of fused-ring (bicyclic) bond motifs is 5. The van der Waals surface area contributed by atoms with E-state index in [0.29, 0.717) is 0 Å². The Morgan fingerprint density at radius 3 is 1.44 bits per heavy atom. The molecule has 0 aliphatic heterocycles. The van der Waals surface area contributed by atoms with Crippen molar-refractivity contribution in [2.45, 2.75) is 0 Å². The van der Waals surface area contributed by atoms with Crippen molar-refractivity contribution in [1.82, 2.24) is 14.5 Å². The molecule has 0 saturated carbocycles. The van der Waals surface area contributed by atoms with Crippen LogP contribution in [-0.4, -0.2) is 14.5 Å². The first-order valence-corrected chi connectivity index (χ1v) is 13.2. The third kappa shape index (κ3) is 3.44. The van der Waals surface area contributed by atoms with Gasteiger partial charge in [-0.2, -0.15) is 0 Å². The Kier molecular flexibility index (Phi) is 4.82. The highest BCUT2D eigenvalue weighted by Gasteiger charge is 2.16. The number of nitrogens with zero attached hydrogens (tertiary/aromatic N) is 3. The number of hydrogen-bond donors (Lipinski definition) is 0. The molecular formula is C36H23N3. The molecule has 3 nitrogen and oxygen atoms in total. The monoisotopic (exact) mass is 497 g/mol. The van der Waals surface area contributed by atoms with Crippen molar-refractivity contribution in [1.29, 1.82) is 0 Å². The number of aromatic nitrogens is 3. The molecule has 0 bridgehead atoms. The first kappa shape index (κ1) is 21.8. The first-order valence-electron chi connectivity index (χ1n) is 13.2. The molecule has 3 heterocycles. The molecule has 8 aromatic rings. The molecule has 8 rings (SSSR count). The summed E-state index contributed by atoms with van der Waals surface area (Å²) in [5.74, 6) is 0. The van der Waals surface area contributed by atoms with Crippen molar-refractivity contribution in [3.8, 4) is 28.2 Å². The van der Waals surface area contributed by atoms with Crippen LogP contribution in [0.15, 0.2) is 140 Å². The predicted octanol–water partition coefficient (Wildman–Crippen LogP) is 9.21. The van der Waals surface area contributed by atoms with Crippen LogP contribution in [0.5, 0.6) is 0 Å². The minimum Gasteiger partial charge on any atom is -0.309 e. The molecule has 5 aromatic carbocycles. The zero-order chi connectivity index (χ0) is 25.8. The first-order chi connectivity index (χ1) is 19.3. The van der Waals surface area contributed by atoms with E-state index >= 15 is 0 Å². The summed E-state index contributed by atoms with van der Waals surface area (Å²) in [6, 6.07) is 45.1. The molecule has 0 unspecified atom stereocenters. The molecule has 0 atom stereocenters. The molecular weight excluding hydrogens is 474 g/mol. The fourth-order valence-corrected chi connectivity index (χ4v) is 5.87. The second-order valence-electron chi connectivity index (χ2n) is 9.90. The van der Waals surface area contributed by atoms with Gasteiger partial charge in [0.15, 0.2) is 0 Å². The highest BCUT2D eigenvalue weighted by Crippen LogP contribution is 2.38. The molecule has 0 saturated heterocycles. The Bertz CT molecular complexity index is 2030. The van der Waals surface area contributed by atoms with Crippen molar-refractivity contribution < 1.29 is 0 Å². The molecule has 3 heteroatoms. The lowest BCUT2D eigenvalue weighted by Crippen LogP contribution is -1.93. The lowest BCUT2D eigenvalue weighted by atomic mass is 10.00. The second-order valence-corrected chi connectivity index (χ2v) is 9.90. The van der Waals surface area contributed by atoms with Gasteiger partial charge in [-0.15, -0.1) is 0 Å². The summed E-state index contributed by atoms with van der Waals surface area (Å²) in [5.41, 5.74) is 7.71. The lowest BCUT2D eigenvalue weighted by Gasteiger charge is -2.09. The van der Waals surface area contributed by atoms with Gasteiger partial charge in [0.25, 0.3) is 0 Å². The van der Waals surface area contributed by atoms with E-state index < -0.39 is 0 Å². The predicted molar refractivity (Wildman–Crippen MR) is 162 cm³/mol. The maximum absolute atomic E-state index is 4.81. The van der Waals surface area contributed by atoms with E-state index in [1.54, 1.807) is 0 Å². The quantitative estimate of drug-likeness (QED) is 0.244. The van der Waals surface area contributed by atoms with Gasteiger partial charge in [-0.1, -0.05) is 78.9 Å². The Morgan fingerprint density at radius 1 is 0.410 bits per heavy atom. The molecule has 39 heavy (non-hydrogen) atoms. The normalized spacial score (nSPS) is 11.6. The zero-order valence-electron chi connectivity index (χ0n) is 21.1. The van der Waals surface area contributed by atoms with E-state index in [0.717, 1.165) is 39.0 Å². The van der Waals surface area contributed by atoms with E-state index in [4.69, 9.17) is 9.97 Å². The van der Waals surface area contributed by atoms with Gasteiger partial charge in [0.1, 0.15) is 0 Å². The summed E-state index contributed by atoms with van der Waals surface area (Å²) in [7, 11) is 0. The van der Waals surface area contributed by atoms with Crippen LogP contribution < -0.4 is 0 Å². The van der Waals surface area contributed by atoms with E-state index in [2.05, 4.69) is 132 Å². The molecule has 0 fully saturated rings. The zero-order valence-corrected chi connectivity index (χ0v) is 21.1. The van der Waals surface area contributed by atoms with E-state index in [9.17, 15) is 0 Å². The standard InChI is InChI=1S/C36H23N3/c1-2-10-28(11-3-1)39-33-16-14-26(35-29-12-6-4-8-24(29)18-20-37-35)22-31(33)32-23-27(15-17-34(32)39)36-30-13-7-5-9-25(30)19-21-38-36/h1-23H. The number of hydrogen-bond acceptors (Lipinski definition) is 2. The van der Waals surface area contributed by atoms with Crippen molar-refractivity contribution in [2.75, 3.05) is 0 Å². The second kappa shape index (κ2) is 8.64. The Labute approximate surface area is 225 Å². The SMILES string of the molecule is c1ccc(-n2c3ccc(-c4nccc5ccccc45)cc3c3cc(-c4nccc5ccccc45)ccc32)cc1. The molecule has 0 N–H and O–H groups in total. The highest BCUT2D eigenvalue weighted by molar-refractivity contribution is 6.12. The largest absolute Gasteiger partial charge is 0.309 e. The Balaban J connectivity index is 1.43. The Hall–Kier alpha value is -5.28. The minimum atomic E-state index is 1.00. The topological polar surface area (TPSA) is 30.7 Å². The van der Waals surface area contributed by atoms with Crippen LogP contribution in [0.4, 0.5) is 0 Å². The van der Waals surface area contributed by atoms with Gasteiger partial charge in [-0.05, 0) is 59.3 Å². The van der Waals surface area contributed by atoms with Gasteiger partial charge in [-0.3, -0.25) is 9.97 Å². The van der Waals surface area contributed by atoms with Gasteiger partial charge in [0, 0.05) is 50.8 Å². The van der Waals surface area contributed by atoms with E-state index in [1.165, 1.54) is 32.6 Å². The molecule has 0 aliphatic rings. The number of rotatable bonds is 3. The van der Waals surface area contributed by atoms with Crippen LogP contribution in [0.25, 0.3) is 71.6 Å². The number of pyridine rings is 2. The van der Waals surface area contributed by atoms with Crippen LogP contribution >= 0.6 is 0 Å². The van der Waals surface area contributed by atoms with E-state index in [-0.39, 0.29) is 0 Å². The maximum Gasteiger partial charge on any atom is 0.0780 e. The van der Waals surface area contributed by atoms with Gasteiger partial charge >= 0.3 is 0 Å². The average molecular weight is 498 g/mol. The average Bonchev–Trinajstić information content (AvgIpc) is 3.34. The van der Waals surface area contributed by atoms with Crippen LogP contribution in [0.1, 0.15) is 0 Å². The van der Waals surface area contributed by atoms with Gasteiger partial charge in [0.05, 0.1) is 22.4 Å². The highest BCUT2D eigenvalue weighted by atomic mass is 15.0. The summed E-state index contributed by atoms with van der Waals surface area (Å²) < 4.78 is 2.35. The van der Waals surface area contributed by atoms with Crippen molar-refractivity contribution in [3.63, 3.8) is 0 Å². The van der Waals surface area contributed by atoms with Crippen LogP contribution in [-0.2, 0) is 0 Å².